The van der Waals surface area contributed by atoms with Crippen LogP contribution in [0, 0.1) is 5.92 Å². The van der Waals surface area contributed by atoms with E-state index in [9.17, 15) is 0 Å². The highest BCUT2D eigenvalue weighted by Gasteiger charge is 2.24. The molecule has 0 spiro atoms. The van der Waals surface area contributed by atoms with Crippen molar-refractivity contribution in [3.63, 3.8) is 0 Å². The zero-order chi connectivity index (χ0) is 20.9. The maximum absolute atomic E-state index is 5.71. The average molecular weight is 405 g/mol. The smallest absolute Gasteiger partial charge is 0.194 e. The largest absolute Gasteiger partial charge is 0.382 e. The van der Waals surface area contributed by atoms with Gasteiger partial charge in [0.2, 0.25) is 0 Å². The maximum Gasteiger partial charge on any atom is 0.194 e. The third-order valence-electron chi connectivity index (χ3n) is 5.44. The molecule has 1 aliphatic rings. The lowest BCUT2D eigenvalue weighted by molar-refractivity contribution is 0.0536. The Morgan fingerprint density at radius 1 is 1.14 bits per heavy atom. The van der Waals surface area contributed by atoms with Crippen molar-refractivity contribution in [3.05, 3.63) is 35.4 Å². The van der Waals surface area contributed by atoms with E-state index in [1.165, 1.54) is 11.1 Å². The van der Waals surface area contributed by atoms with E-state index in [1.54, 1.807) is 7.11 Å². The SMILES string of the molecule is CCNC(=NCc1ccc(CN(CC)CC)cc1)N1CCC(COCCOC)C1. The van der Waals surface area contributed by atoms with Crippen LogP contribution in [0.3, 0.4) is 0 Å². The summed E-state index contributed by atoms with van der Waals surface area (Å²) in [4.78, 5) is 9.69. The van der Waals surface area contributed by atoms with Gasteiger partial charge in [-0.2, -0.15) is 0 Å². The molecule has 0 saturated carbocycles. The number of rotatable bonds is 12. The molecule has 6 heteroatoms. The normalized spacial score (nSPS) is 17.3. The molecule has 164 valence electrons. The summed E-state index contributed by atoms with van der Waals surface area (Å²) in [5.74, 6) is 1.58. The van der Waals surface area contributed by atoms with Gasteiger partial charge in [0, 0.05) is 39.2 Å². The van der Waals surface area contributed by atoms with Gasteiger partial charge in [-0.3, -0.25) is 4.90 Å². The van der Waals surface area contributed by atoms with Crippen molar-refractivity contribution in [1.29, 1.82) is 0 Å². The average Bonchev–Trinajstić information content (AvgIpc) is 3.22. The maximum atomic E-state index is 5.71. The van der Waals surface area contributed by atoms with Gasteiger partial charge in [-0.1, -0.05) is 38.1 Å². The molecule has 0 aliphatic carbocycles. The first-order valence-electron chi connectivity index (χ1n) is 11.1. The van der Waals surface area contributed by atoms with Gasteiger partial charge in [0.15, 0.2) is 5.96 Å². The zero-order valence-electron chi connectivity index (χ0n) is 18.8. The first-order valence-corrected chi connectivity index (χ1v) is 11.1. The molecule has 0 radical (unpaired) electrons. The van der Waals surface area contributed by atoms with Crippen LogP contribution in [-0.4, -0.2) is 75.4 Å². The van der Waals surface area contributed by atoms with Crippen LogP contribution in [0.4, 0.5) is 0 Å². The van der Waals surface area contributed by atoms with Crippen LogP contribution in [-0.2, 0) is 22.6 Å². The number of hydrogen-bond donors (Lipinski definition) is 1. The van der Waals surface area contributed by atoms with Crippen molar-refractivity contribution in [2.24, 2.45) is 10.9 Å². The number of nitrogens with zero attached hydrogens (tertiary/aromatic N) is 3. The molecule has 1 aromatic carbocycles. The molecule has 1 unspecified atom stereocenters. The van der Waals surface area contributed by atoms with Gasteiger partial charge in [-0.15, -0.1) is 0 Å². The van der Waals surface area contributed by atoms with Crippen LogP contribution in [0.25, 0.3) is 0 Å². The number of guanidine groups is 1. The summed E-state index contributed by atoms with van der Waals surface area (Å²) in [7, 11) is 1.71. The summed E-state index contributed by atoms with van der Waals surface area (Å²) in [6, 6.07) is 8.89. The van der Waals surface area contributed by atoms with Crippen LogP contribution >= 0.6 is 0 Å². The number of aliphatic imine (C=N–C) groups is 1. The van der Waals surface area contributed by atoms with Gasteiger partial charge in [-0.25, -0.2) is 4.99 Å². The first kappa shape index (κ1) is 23.6. The molecule has 1 N–H and O–H groups in total. The fourth-order valence-corrected chi connectivity index (χ4v) is 3.60. The number of ether oxygens (including phenoxy) is 2. The molecule has 29 heavy (non-hydrogen) atoms. The van der Waals surface area contributed by atoms with Gasteiger partial charge in [-0.05, 0) is 37.6 Å². The quantitative estimate of drug-likeness (QED) is 0.330. The van der Waals surface area contributed by atoms with Gasteiger partial charge in [0.1, 0.15) is 0 Å². The second-order valence-corrected chi connectivity index (χ2v) is 7.62. The lowest BCUT2D eigenvalue weighted by atomic mass is 10.1. The zero-order valence-corrected chi connectivity index (χ0v) is 18.8. The third-order valence-corrected chi connectivity index (χ3v) is 5.44. The Balaban J connectivity index is 1.87. The molecule has 1 atom stereocenters. The Labute approximate surface area is 177 Å². The predicted octanol–water partition coefficient (Wildman–Crippen LogP) is 2.98. The summed E-state index contributed by atoms with van der Waals surface area (Å²) in [5, 5.41) is 3.45. The molecular formula is C23H40N4O2. The van der Waals surface area contributed by atoms with E-state index in [4.69, 9.17) is 14.5 Å². The minimum atomic E-state index is 0.565. The standard InChI is InChI=1S/C23H40N4O2/c1-5-24-23(27-13-12-22(18-27)19-29-15-14-28-4)25-16-20-8-10-21(11-9-20)17-26(6-2)7-3/h8-11,22H,5-7,12-19H2,1-4H3,(H,24,25). The van der Waals surface area contributed by atoms with Crippen molar-refractivity contribution in [2.75, 3.05) is 59.7 Å². The summed E-state index contributed by atoms with van der Waals surface area (Å²) >= 11 is 0. The Morgan fingerprint density at radius 2 is 1.86 bits per heavy atom. The highest BCUT2D eigenvalue weighted by molar-refractivity contribution is 5.80. The lowest BCUT2D eigenvalue weighted by Gasteiger charge is -2.22. The number of methoxy groups -OCH3 is 1. The van der Waals surface area contributed by atoms with Gasteiger partial charge < -0.3 is 19.7 Å². The van der Waals surface area contributed by atoms with Crippen molar-refractivity contribution >= 4 is 5.96 Å². The van der Waals surface area contributed by atoms with Crippen LogP contribution in [0.2, 0.25) is 0 Å². The second-order valence-electron chi connectivity index (χ2n) is 7.62. The Hall–Kier alpha value is -1.63. The monoisotopic (exact) mass is 404 g/mol. The lowest BCUT2D eigenvalue weighted by Crippen LogP contribution is -2.40. The molecule has 0 amide bonds. The van der Waals surface area contributed by atoms with Crippen LogP contribution in [0.1, 0.15) is 38.3 Å². The molecule has 1 saturated heterocycles. The van der Waals surface area contributed by atoms with Crippen molar-refractivity contribution in [1.82, 2.24) is 15.1 Å². The molecular weight excluding hydrogens is 364 g/mol. The van der Waals surface area contributed by atoms with E-state index in [-0.39, 0.29) is 0 Å². The van der Waals surface area contributed by atoms with Crippen LogP contribution in [0.5, 0.6) is 0 Å². The molecule has 0 aromatic heterocycles. The molecule has 1 aromatic rings. The van der Waals surface area contributed by atoms with Crippen molar-refractivity contribution in [3.8, 4) is 0 Å². The fraction of sp³-hybridized carbons (Fsp3) is 0.696. The van der Waals surface area contributed by atoms with Gasteiger partial charge in [0.25, 0.3) is 0 Å². The molecule has 6 nitrogen and oxygen atoms in total. The van der Waals surface area contributed by atoms with E-state index < -0.39 is 0 Å². The summed E-state index contributed by atoms with van der Waals surface area (Å²) in [6.45, 7) is 15.5. The van der Waals surface area contributed by atoms with E-state index in [0.29, 0.717) is 25.7 Å². The Morgan fingerprint density at radius 3 is 2.52 bits per heavy atom. The highest BCUT2D eigenvalue weighted by Crippen LogP contribution is 2.17. The minimum absolute atomic E-state index is 0.565. The minimum Gasteiger partial charge on any atom is -0.382 e. The van der Waals surface area contributed by atoms with Gasteiger partial charge in [0.05, 0.1) is 26.4 Å². The molecule has 0 bridgehead atoms. The van der Waals surface area contributed by atoms with Crippen molar-refractivity contribution in [2.45, 2.75) is 40.3 Å². The van der Waals surface area contributed by atoms with Crippen LogP contribution in [0.15, 0.2) is 29.3 Å². The number of likely N-dealkylation sites (tertiary alicyclic amines) is 1. The van der Waals surface area contributed by atoms with E-state index in [1.807, 2.05) is 0 Å². The Bertz CT molecular complexity index is 587. The van der Waals surface area contributed by atoms with Crippen LogP contribution < -0.4 is 5.32 Å². The molecule has 1 heterocycles. The first-order chi connectivity index (χ1) is 14.2. The van der Waals surface area contributed by atoms with Gasteiger partial charge >= 0.3 is 0 Å². The second kappa shape index (κ2) is 13.6. The summed E-state index contributed by atoms with van der Waals surface area (Å²) in [5.41, 5.74) is 2.62. The molecule has 2 rings (SSSR count). The highest BCUT2D eigenvalue weighted by atomic mass is 16.5. The van der Waals surface area contributed by atoms with E-state index in [2.05, 4.69) is 60.2 Å². The third kappa shape index (κ3) is 8.33. The Kier molecular flexibility index (Phi) is 11.1. The van der Waals surface area contributed by atoms with E-state index in [0.717, 1.165) is 58.3 Å². The summed E-state index contributed by atoms with van der Waals surface area (Å²) in [6.07, 6.45) is 1.15. The number of nitrogens with one attached hydrogen (secondary N) is 1. The van der Waals surface area contributed by atoms with E-state index >= 15 is 0 Å². The topological polar surface area (TPSA) is 49.3 Å². The molecule has 1 fully saturated rings. The summed E-state index contributed by atoms with van der Waals surface area (Å²) < 4.78 is 10.8. The number of hydrogen-bond acceptors (Lipinski definition) is 4. The molecule has 1 aliphatic heterocycles. The predicted molar refractivity (Wildman–Crippen MR) is 120 cm³/mol. The van der Waals surface area contributed by atoms with Crippen molar-refractivity contribution < 1.29 is 9.47 Å². The fourth-order valence-electron chi connectivity index (χ4n) is 3.60. The number of benzene rings is 1.